The Morgan fingerprint density at radius 1 is 1.08 bits per heavy atom. The first-order chi connectivity index (χ1) is 12.0. The van der Waals surface area contributed by atoms with Crippen molar-refractivity contribution < 1.29 is 17.2 Å². The molecule has 0 bridgehead atoms. The van der Waals surface area contributed by atoms with E-state index in [4.69, 9.17) is 0 Å². The SMILES string of the molecule is O=S(=O)(c1cc(F)ccc1F)N(Cc1ccsc1)Cc1ccccn1. The molecule has 0 atom stereocenters. The highest BCUT2D eigenvalue weighted by Gasteiger charge is 2.28. The van der Waals surface area contributed by atoms with Crippen molar-refractivity contribution in [2.24, 2.45) is 0 Å². The first-order valence-corrected chi connectivity index (χ1v) is 9.71. The van der Waals surface area contributed by atoms with Gasteiger partial charge in [0.05, 0.1) is 12.2 Å². The van der Waals surface area contributed by atoms with Gasteiger partial charge in [-0.25, -0.2) is 17.2 Å². The number of thiophene rings is 1. The third-order valence-corrected chi connectivity index (χ3v) is 6.05. The Balaban J connectivity index is 2.01. The number of pyridine rings is 1. The van der Waals surface area contributed by atoms with Gasteiger partial charge < -0.3 is 0 Å². The number of nitrogens with zero attached hydrogens (tertiary/aromatic N) is 2. The topological polar surface area (TPSA) is 50.3 Å². The van der Waals surface area contributed by atoms with E-state index in [9.17, 15) is 17.2 Å². The van der Waals surface area contributed by atoms with E-state index in [0.29, 0.717) is 11.8 Å². The molecule has 25 heavy (non-hydrogen) atoms. The summed E-state index contributed by atoms with van der Waals surface area (Å²) in [7, 11) is -4.25. The molecule has 3 rings (SSSR count). The normalized spacial score (nSPS) is 11.8. The molecule has 2 aromatic heterocycles. The van der Waals surface area contributed by atoms with Crippen molar-refractivity contribution in [3.8, 4) is 0 Å². The fraction of sp³-hybridized carbons (Fsp3) is 0.118. The van der Waals surface area contributed by atoms with Crippen LogP contribution >= 0.6 is 11.3 Å². The summed E-state index contributed by atoms with van der Waals surface area (Å²) in [5.74, 6) is -1.80. The van der Waals surface area contributed by atoms with Crippen LogP contribution in [0.2, 0.25) is 0 Å². The van der Waals surface area contributed by atoms with Crippen LogP contribution in [0.3, 0.4) is 0 Å². The smallest absolute Gasteiger partial charge is 0.246 e. The van der Waals surface area contributed by atoms with E-state index in [1.54, 1.807) is 30.5 Å². The highest BCUT2D eigenvalue weighted by Crippen LogP contribution is 2.24. The molecule has 1 aromatic carbocycles. The molecule has 3 aromatic rings. The number of sulfonamides is 1. The molecule has 0 saturated carbocycles. The number of hydrogen-bond donors (Lipinski definition) is 0. The predicted molar refractivity (Wildman–Crippen MR) is 91.3 cm³/mol. The Kier molecular flexibility index (Phi) is 5.22. The average Bonchev–Trinajstić information content (AvgIpc) is 3.10. The molecule has 0 amide bonds. The van der Waals surface area contributed by atoms with E-state index in [-0.39, 0.29) is 13.1 Å². The van der Waals surface area contributed by atoms with Crippen LogP contribution < -0.4 is 0 Å². The summed E-state index contributed by atoms with van der Waals surface area (Å²) in [4.78, 5) is 3.44. The molecule has 0 spiro atoms. The van der Waals surface area contributed by atoms with E-state index >= 15 is 0 Å². The van der Waals surface area contributed by atoms with Crippen molar-refractivity contribution in [2.45, 2.75) is 18.0 Å². The highest BCUT2D eigenvalue weighted by molar-refractivity contribution is 7.89. The van der Waals surface area contributed by atoms with E-state index in [1.807, 2.05) is 10.8 Å². The van der Waals surface area contributed by atoms with Gasteiger partial charge in [-0.15, -0.1) is 0 Å². The van der Waals surface area contributed by atoms with Crippen molar-refractivity contribution in [1.29, 1.82) is 0 Å². The van der Waals surface area contributed by atoms with Crippen LogP contribution in [0.25, 0.3) is 0 Å². The minimum absolute atomic E-state index is 0.0400. The van der Waals surface area contributed by atoms with Crippen LogP contribution in [0.5, 0.6) is 0 Å². The maximum Gasteiger partial charge on any atom is 0.246 e. The summed E-state index contributed by atoms with van der Waals surface area (Å²) in [5.41, 5.74) is 1.28. The third-order valence-electron chi connectivity index (χ3n) is 3.51. The Morgan fingerprint density at radius 2 is 1.92 bits per heavy atom. The summed E-state index contributed by atoms with van der Waals surface area (Å²) in [5, 5.41) is 3.63. The van der Waals surface area contributed by atoms with Crippen LogP contribution in [0.1, 0.15) is 11.3 Å². The third kappa shape index (κ3) is 4.09. The molecule has 0 N–H and O–H groups in total. The molecular formula is C17H14F2N2O2S2. The van der Waals surface area contributed by atoms with Gasteiger partial charge in [-0.1, -0.05) is 6.07 Å². The lowest BCUT2D eigenvalue weighted by atomic mass is 10.3. The molecular weight excluding hydrogens is 366 g/mol. The van der Waals surface area contributed by atoms with Crippen molar-refractivity contribution in [3.05, 3.63) is 82.3 Å². The Morgan fingerprint density at radius 3 is 2.60 bits per heavy atom. The van der Waals surface area contributed by atoms with Crippen molar-refractivity contribution in [1.82, 2.24) is 9.29 Å². The lowest BCUT2D eigenvalue weighted by molar-refractivity contribution is 0.393. The average molecular weight is 380 g/mol. The fourth-order valence-electron chi connectivity index (χ4n) is 2.30. The van der Waals surface area contributed by atoms with Crippen LogP contribution in [-0.4, -0.2) is 17.7 Å². The second-order valence-electron chi connectivity index (χ2n) is 5.30. The Bertz CT molecular complexity index is 946. The number of halogens is 2. The summed E-state index contributed by atoms with van der Waals surface area (Å²) in [6, 6.07) is 9.31. The van der Waals surface area contributed by atoms with Gasteiger partial charge in [0.1, 0.15) is 16.5 Å². The largest absolute Gasteiger partial charge is 0.260 e. The zero-order valence-corrected chi connectivity index (χ0v) is 14.6. The summed E-state index contributed by atoms with van der Waals surface area (Å²) in [6.07, 6.45) is 1.55. The highest BCUT2D eigenvalue weighted by atomic mass is 32.2. The molecule has 0 aliphatic heterocycles. The van der Waals surface area contributed by atoms with Gasteiger partial charge in [0, 0.05) is 12.7 Å². The maximum atomic E-state index is 14.1. The molecule has 130 valence electrons. The van der Waals surface area contributed by atoms with Crippen LogP contribution in [0.15, 0.2) is 64.3 Å². The lowest BCUT2D eigenvalue weighted by Gasteiger charge is -2.22. The second-order valence-corrected chi connectivity index (χ2v) is 7.99. The first-order valence-electron chi connectivity index (χ1n) is 7.33. The molecule has 0 fully saturated rings. The zero-order chi connectivity index (χ0) is 17.9. The fourth-order valence-corrected chi connectivity index (χ4v) is 4.43. The quantitative estimate of drug-likeness (QED) is 0.653. The number of benzene rings is 1. The van der Waals surface area contributed by atoms with Crippen LogP contribution in [0.4, 0.5) is 8.78 Å². The van der Waals surface area contributed by atoms with Gasteiger partial charge in [-0.2, -0.15) is 15.6 Å². The monoisotopic (exact) mass is 380 g/mol. The van der Waals surface area contributed by atoms with E-state index in [2.05, 4.69) is 4.98 Å². The van der Waals surface area contributed by atoms with Gasteiger partial charge in [0.25, 0.3) is 0 Å². The number of aromatic nitrogens is 1. The van der Waals surface area contributed by atoms with Gasteiger partial charge >= 0.3 is 0 Å². The molecule has 0 aliphatic rings. The number of rotatable bonds is 6. The van der Waals surface area contributed by atoms with Gasteiger partial charge in [-0.3, -0.25) is 4.98 Å². The van der Waals surface area contributed by atoms with Crippen molar-refractivity contribution >= 4 is 21.4 Å². The van der Waals surface area contributed by atoms with Crippen molar-refractivity contribution in [3.63, 3.8) is 0 Å². The molecule has 0 radical (unpaired) electrons. The van der Waals surface area contributed by atoms with E-state index < -0.39 is 26.6 Å². The summed E-state index contributed by atoms with van der Waals surface area (Å²) in [6.45, 7) is -0.00661. The Hall–Kier alpha value is -2.16. The molecule has 4 nitrogen and oxygen atoms in total. The predicted octanol–water partition coefficient (Wildman–Crippen LogP) is 3.81. The summed E-state index contributed by atoms with van der Waals surface area (Å²) >= 11 is 1.43. The molecule has 0 saturated heterocycles. The van der Waals surface area contributed by atoms with Gasteiger partial charge in [0.15, 0.2) is 0 Å². The van der Waals surface area contributed by atoms with Crippen LogP contribution in [-0.2, 0) is 23.1 Å². The molecule has 0 unspecified atom stereocenters. The molecule has 2 heterocycles. The number of hydrogen-bond acceptors (Lipinski definition) is 4. The molecule has 8 heteroatoms. The van der Waals surface area contributed by atoms with Crippen LogP contribution in [0, 0.1) is 11.6 Å². The lowest BCUT2D eigenvalue weighted by Crippen LogP contribution is -2.31. The first kappa shape index (κ1) is 17.7. The zero-order valence-electron chi connectivity index (χ0n) is 13.0. The van der Waals surface area contributed by atoms with Crippen molar-refractivity contribution in [2.75, 3.05) is 0 Å². The Labute approximate surface area is 148 Å². The standard InChI is InChI=1S/C17H14F2N2O2S2/c18-14-4-5-16(19)17(9-14)25(22,23)21(10-13-6-8-24-12-13)11-15-3-1-2-7-20-15/h1-9,12H,10-11H2. The molecule has 0 aliphatic carbocycles. The van der Waals surface area contributed by atoms with Gasteiger partial charge in [-0.05, 0) is 52.7 Å². The maximum absolute atomic E-state index is 14.1. The van der Waals surface area contributed by atoms with Gasteiger partial charge in [0.2, 0.25) is 10.0 Å². The minimum atomic E-state index is -4.25. The van der Waals surface area contributed by atoms with E-state index in [1.165, 1.54) is 11.3 Å². The van der Waals surface area contributed by atoms with E-state index in [0.717, 1.165) is 22.0 Å². The summed E-state index contributed by atoms with van der Waals surface area (Å²) < 4.78 is 54.5. The second kappa shape index (κ2) is 7.38. The minimum Gasteiger partial charge on any atom is -0.260 e.